The number of carbonyl (C=O) groups is 1. The van der Waals surface area contributed by atoms with E-state index in [1.807, 2.05) is 30.9 Å². The molecule has 0 radical (unpaired) electrons. The Morgan fingerprint density at radius 1 is 1.58 bits per heavy atom. The fraction of sp³-hybridized carbons (Fsp3) is 0.533. The second kappa shape index (κ2) is 6.06. The highest BCUT2D eigenvalue weighted by atomic mass is 16.5. The zero-order valence-electron chi connectivity index (χ0n) is 11.8. The van der Waals surface area contributed by atoms with Crippen LogP contribution in [0.5, 0.6) is 0 Å². The van der Waals surface area contributed by atoms with Crippen LogP contribution in [0.4, 0.5) is 0 Å². The van der Waals surface area contributed by atoms with Crippen LogP contribution in [0.25, 0.3) is 5.57 Å². The minimum Gasteiger partial charge on any atom is -0.465 e. The molecule has 0 N–H and O–H groups in total. The summed E-state index contributed by atoms with van der Waals surface area (Å²) in [5.41, 5.74) is 2.41. The van der Waals surface area contributed by atoms with E-state index >= 15 is 0 Å². The summed E-state index contributed by atoms with van der Waals surface area (Å²) in [7, 11) is 0. The highest BCUT2D eigenvalue weighted by Crippen LogP contribution is 2.27. The molecule has 1 aromatic heterocycles. The zero-order chi connectivity index (χ0) is 13.8. The Hall–Kier alpha value is -1.55. The first-order chi connectivity index (χ1) is 9.13. The van der Waals surface area contributed by atoms with Gasteiger partial charge in [0.1, 0.15) is 11.9 Å². The van der Waals surface area contributed by atoms with E-state index in [1.165, 1.54) is 5.57 Å². The monoisotopic (exact) mass is 263 g/mol. The van der Waals surface area contributed by atoms with Crippen LogP contribution in [0, 0.1) is 0 Å². The van der Waals surface area contributed by atoms with Gasteiger partial charge in [-0.2, -0.15) is 0 Å². The Balaban J connectivity index is 2.10. The van der Waals surface area contributed by atoms with Crippen LogP contribution >= 0.6 is 0 Å². The maximum atomic E-state index is 12.3. The topological polar surface area (TPSA) is 42.7 Å². The van der Waals surface area contributed by atoms with Gasteiger partial charge in [-0.15, -0.1) is 0 Å². The van der Waals surface area contributed by atoms with Crippen molar-refractivity contribution in [2.45, 2.75) is 33.3 Å². The van der Waals surface area contributed by atoms with E-state index in [9.17, 15) is 4.79 Å². The lowest BCUT2D eigenvalue weighted by Gasteiger charge is -2.31. The zero-order valence-corrected chi connectivity index (χ0v) is 11.8. The SMILES string of the molecule is CCO[C@@H](C)C(=O)N1CCC(C)=C(c2ccco2)C1. The average Bonchev–Trinajstić information content (AvgIpc) is 2.92. The van der Waals surface area contributed by atoms with E-state index in [1.54, 1.807) is 6.26 Å². The van der Waals surface area contributed by atoms with Gasteiger partial charge >= 0.3 is 0 Å². The molecule has 1 amide bonds. The summed E-state index contributed by atoms with van der Waals surface area (Å²) in [5.74, 6) is 0.914. The summed E-state index contributed by atoms with van der Waals surface area (Å²) >= 11 is 0. The molecule has 0 saturated carbocycles. The molecule has 4 nitrogen and oxygen atoms in total. The lowest BCUT2D eigenvalue weighted by molar-refractivity contribution is -0.141. The number of amides is 1. The Morgan fingerprint density at radius 2 is 2.37 bits per heavy atom. The molecule has 0 fully saturated rings. The molecule has 1 atom stereocenters. The van der Waals surface area contributed by atoms with Crippen LogP contribution in [-0.2, 0) is 9.53 Å². The van der Waals surface area contributed by atoms with Crippen LogP contribution in [0.3, 0.4) is 0 Å². The first kappa shape index (κ1) is 13.9. The van der Waals surface area contributed by atoms with Gasteiger partial charge in [-0.3, -0.25) is 4.79 Å². The van der Waals surface area contributed by atoms with Gasteiger partial charge in [0.15, 0.2) is 0 Å². The summed E-state index contributed by atoms with van der Waals surface area (Å²) in [5, 5.41) is 0. The molecule has 0 saturated heterocycles. The molecule has 0 unspecified atom stereocenters. The molecule has 1 aliphatic heterocycles. The lowest BCUT2D eigenvalue weighted by Crippen LogP contribution is -2.42. The summed E-state index contributed by atoms with van der Waals surface area (Å²) < 4.78 is 10.8. The van der Waals surface area contributed by atoms with Crippen molar-refractivity contribution < 1.29 is 13.9 Å². The summed E-state index contributed by atoms with van der Waals surface area (Å²) in [6.45, 7) is 7.73. The maximum Gasteiger partial charge on any atom is 0.251 e. The highest BCUT2D eigenvalue weighted by Gasteiger charge is 2.26. The van der Waals surface area contributed by atoms with Crippen LogP contribution in [-0.4, -0.2) is 36.6 Å². The normalized spacial score (nSPS) is 17.7. The van der Waals surface area contributed by atoms with Gasteiger partial charge in [0.2, 0.25) is 0 Å². The van der Waals surface area contributed by atoms with E-state index < -0.39 is 0 Å². The number of hydrogen-bond acceptors (Lipinski definition) is 3. The van der Waals surface area contributed by atoms with Crippen LogP contribution in [0.1, 0.15) is 33.0 Å². The third-order valence-corrected chi connectivity index (χ3v) is 3.52. The largest absolute Gasteiger partial charge is 0.465 e. The Kier molecular flexibility index (Phi) is 4.43. The fourth-order valence-electron chi connectivity index (χ4n) is 2.36. The molecule has 2 rings (SSSR count). The average molecular weight is 263 g/mol. The first-order valence-corrected chi connectivity index (χ1v) is 6.76. The Bertz CT molecular complexity index is 462. The molecular weight excluding hydrogens is 242 g/mol. The van der Waals surface area contributed by atoms with Crippen LogP contribution in [0.15, 0.2) is 28.4 Å². The highest BCUT2D eigenvalue weighted by molar-refractivity contribution is 5.83. The van der Waals surface area contributed by atoms with E-state index in [2.05, 4.69) is 6.92 Å². The summed E-state index contributed by atoms with van der Waals surface area (Å²) in [6.07, 6.45) is 2.18. The van der Waals surface area contributed by atoms with Crippen molar-refractivity contribution in [2.75, 3.05) is 19.7 Å². The molecular formula is C15H21NO3. The number of carbonyl (C=O) groups excluding carboxylic acids is 1. The quantitative estimate of drug-likeness (QED) is 0.838. The molecule has 2 heterocycles. The number of rotatable bonds is 4. The second-order valence-corrected chi connectivity index (χ2v) is 4.84. The first-order valence-electron chi connectivity index (χ1n) is 6.76. The van der Waals surface area contributed by atoms with Crippen molar-refractivity contribution in [1.82, 2.24) is 4.90 Å². The molecule has 0 aliphatic carbocycles. The van der Waals surface area contributed by atoms with Gasteiger partial charge in [0.25, 0.3) is 5.91 Å². The lowest BCUT2D eigenvalue weighted by atomic mass is 9.99. The molecule has 19 heavy (non-hydrogen) atoms. The molecule has 104 valence electrons. The fourth-order valence-corrected chi connectivity index (χ4v) is 2.36. The maximum absolute atomic E-state index is 12.3. The number of nitrogens with zero attached hydrogens (tertiary/aromatic N) is 1. The van der Waals surface area contributed by atoms with Crippen molar-refractivity contribution in [3.05, 3.63) is 29.7 Å². The van der Waals surface area contributed by atoms with E-state index in [4.69, 9.17) is 9.15 Å². The molecule has 0 bridgehead atoms. The van der Waals surface area contributed by atoms with Crippen LogP contribution < -0.4 is 0 Å². The minimum absolute atomic E-state index is 0.0541. The standard InChI is InChI=1S/C15H21NO3/c1-4-18-12(3)15(17)16-8-7-11(2)13(10-16)14-6-5-9-19-14/h5-6,9,12H,4,7-8,10H2,1-3H3/t12-/m0/s1. The predicted octanol–water partition coefficient (Wildman–Crippen LogP) is 2.71. The number of ether oxygens (including phenoxy) is 1. The summed E-state index contributed by atoms with van der Waals surface area (Å²) in [4.78, 5) is 14.1. The molecule has 0 aromatic carbocycles. The third kappa shape index (κ3) is 3.07. The van der Waals surface area contributed by atoms with E-state index in [-0.39, 0.29) is 12.0 Å². The smallest absolute Gasteiger partial charge is 0.251 e. The van der Waals surface area contributed by atoms with Crippen molar-refractivity contribution in [3.8, 4) is 0 Å². The van der Waals surface area contributed by atoms with Crippen molar-refractivity contribution >= 4 is 11.5 Å². The third-order valence-electron chi connectivity index (χ3n) is 3.52. The van der Waals surface area contributed by atoms with Crippen LogP contribution in [0.2, 0.25) is 0 Å². The minimum atomic E-state index is -0.374. The number of hydrogen-bond donors (Lipinski definition) is 0. The van der Waals surface area contributed by atoms with Gasteiger partial charge < -0.3 is 14.1 Å². The molecule has 1 aliphatic rings. The molecule has 4 heteroatoms. The second-order valence-electron chi connectivity index (χ2n) is 4.84. The molecule has 0 spiro atoms. The Morgan fingerprint density at radius 3 is 3.00 bits per heavy atom. The van der Waals surface area contributed by atoms with Crippen molar-refractivity contribution in [3.63, 3.8) is 0 Å². The van der Waals surface area contributed by atoms with Gasteiger partial charge in [-0.1, -0.05) is 5.57 Å². The van der Waals surface area contributed by atoms with E-state index in [0.717, 1.165) is 24.3 Å². The van der Waals surface area contributed by atoms with Gasteiger partial charge in [-0.05, 0) is 39.3 Å². The van der Waals surface area contributed by atoms with Gasteiger partial charge in [-0.25, -0.2) is 0 Å². The van der Waals surface area contributed by atoms with Gasteiger partial charge in [0.05, 0.1) is 6.26 Å². The summed E-state index contributed by atoms with van der Waals surface area (Å²) in [6, 6.07) is 3.82. The molecule has 1 aromatic rings. The predicted molar refractivity (Wildman–Crippen MR) is 73.6 cm³/mol. The Labute approximate surface area is 114 Å². The van der Waals surface area contributed by atoms with Crippen molar-refractivity contribution in [2.24, 2.45) is 0 Å². The number of furan rings is 1. The van der Waals surface area contributed by atoms with E-state index in [0.29, 0.717) is 13.2 Å². The van der Waals surface area contributed by atoms with Gasteiger partial charge in [0, 0.05) is 25.3 Å². The van der Waals surface area contributed by atoms with Crippen molar-refractivity contribution in [1.29, 1.82) is 0 Å².